The maximum Gasteiger partial charge on any atom is 0.0476 e. The number of hydrogen-bond donors (Lipinski definition) is 1. The van der Waals surface area contributed by atoms with Crippen LogP contribution in [0.4, 0.5) is 0 Å². The lowest BCUT2D eigenvalue weighted by atomic mass is 10.00. The molecule has 1 aliphatic heterocycles. The fraction of sp³-hybridized carbons (Fsp3) is 0.389. The molecule has 2 unspecified atom stereocenters. The van der Waals surface area contributed by atoms with Gasteiger partial charge in [0.05, 0.1) is 0 Å². The van der Waals surface area contributed by atoms with Crippen molar-refractivity contribution in [1.29, 1.82) is 0 Å². The van der Waals surface area contributed by atoms with Crippen molar-refractivity contribution in [3.63, 3.8) is 0 Å². The standard InChI is InChI=1S/C18H23N3/c1-14-8-9-19-10-17(14)13-21-12-15(2)20-11-18(21)16-6-4-3-5-7-16/h3-10,15,18,20H,11-13H2,1-2H3. The summed E-state index contributed by atoms with van der Waals surface area (Å²) >= 11 is 0. The maximum absolute atomic E-state index is 4.29. The molecule has 1 fully saturated rings. The topological polar surface area (TPSA) is 28.2 Å². The van der Waals surface area contributed by atoms with Gasteiger partial charge in [0.25, 0.3) is 0 Å². The molecule has 0 aliphatic carbocycles. The van der Waals surface area contributed by atoms with Gasteiger partial charge >= 0.3 is 0 Å². The SMILES string of the molecule is Cc1ccncc1CN1CC(C)NCC1c1ccccc1. The molecule has 0 saturated carbocycles. The highest BCUT2D eigenvalue weighted by Gasteiger charge is 2.27. The Morgan fingerprint density at radius 1 is 1.24 bits per heavy atom. The number of rotatable bonds is 3. The van der Waals surface area contributed by atoms with Gasteiger partial charge in [-0.1, -0.05) is 30.3 Å². The number of aryl methyl sites for hydroxylation is 1. The third kappa shape index (κ3) is 3.31. The monoisotopic (exact) mass is 281 g/mol. The van der Waals surface area contributed by atoms with Gasteiger partial charge in [-0.2, -0.15) is 0 Å². The third-order valence-corrected chi connectivity index (χ3v) is 4.31. The van der Waals surface area contributed by atoms with E-state index in [0.29, 0.717) is 12.1 Å². The normalized spacial score (nSPS) is 23.1. The van der Waals surface area contributed by atoms with Crippen molar-refractivity contribution in [2.75, 3.05) is 13.1 Å². The summed E-state index contributed by atoms with van der Waals surface area (Å²) in [4.78, 5) is 6.86. The number of pyridine rings is 1. The molecule has 2 atom stereocenters. The third-order valence-electron chi connectivity index (χ3n) is 4.31. The second kappa shape index (κ2) is 6.37. The lowest BCUT2D eigenvalue weighted by Gasteiger charge is -2.40. The molecule has 110 valence electrons. The molecule has 1 aliphatic rings. The molecule has 1 saturated heterocycles. The van der Waals surface area contributed by atoms with Crippen LogP contribution in [0.15, 0.2) is 48.8 Å². The molecule has 2 heterocycles. The first-order chi connectivity index (χ1) is 10.2. The van der Waals surface area contributed by atoms with E-state index in [9.17, 15) is 0 Å². The van der Waals surface area contributed by atoms with Crippen LogP contribution in [0.3, 0.4) is 0 Å². The minimum atomic E-state index is 0.432. The number of hydrogen-bond acceptors (Lipinski definition) is 3. The van der Waals surface area contributed by atoms with E-state index in [1.54, 1.807) is 0 Å². The summed E-state index contributed by atoms with van der Waals surface area (Å²) in [6.45, 7) is 7.45. The van der Waals surface area contributed by atoms with Gasteiger partial charge in [-0.3, -0.25) is 9.88 Å². The Bertz CT molecular complexity index is 582. The van der Waals surface area contributed by atoms with E-state index in [1.807, 2.05) is 12.4 Å². The summed E-state index contributed by atoms with van der Waals surface area (Å²) < 4.78 is 0. The van der Waals surface area contributed by atoms with Crippen molar-refractivity contribution in [2.45, 2.75) is 32.5 Å². The zero-order chi connectivity index (χ0) is 14.7. The fourth-order valence-corrected chi connectivity index (χ4v) is 3.05. The molecule has 3 rings (SSSR count). The van der Waals surface area contributed by atoms with Crippen LogP contribution < -0.4 is 5.32 Å². The molecule has 1 aromatic carbocycles. The Kier molecular flexibility index (Phi) is 4.32. The summed E-state index contributed by atoms with van der Waals surface area (Å²) in [5.74, 6) is 0. The van der Waals surface area contributed by atoms with Crippen LogP contribution in [0.2, 0.25) is 0 Å². The highest BCUT2D eigenvalue weighted by atomic mass is 15.2. The molecular weight excluding hydrogens is 258 g/mol. The van der Waals surface area contributed by atoms with Crippen molar-refractivity contribution in [3.8, 4) is 0 Å². The molecule has 0 amide bonds. The minimum absolute atomic E-state index is 0.432. The average molecular weight is 281 g/mol. The second-order valence-corrected chi connectivity index (χ2v) is 5.97. The first-order valence-corrected chi connectivity index (χ1v) is 7.66. The lowest BCUT2D eigenvalue weighted by molar-refractivity contribution is 0.127. The molecule has 0 bridgehead atoms. The molecule has 3 nitrogen and oxygen atoms in total. The highest BCUT2D eigenvalue weighted by Crippen LogP contribution is 2.25. The summed E-state index contributed by atoms with van der Waals surface area (Å²) in [5.41, 5.74) is 4.04. The van der Waals surface area contributed by atoms with Gasteiger partial charge in [-0.05, 0) is 36.6 Å². The number of benzene rings is 1. The summed E-state index contributed by atoms with van der Waals surface area (Å²) in [6.07, 6.45) is 3.87. The first kappa shape index (κ1) is 14.2. The van der Waals surface area contributed by atoms with E-state index in [4.69, 9.17) is 0 Å². The van der Waals surface area contributed by atoms with E-state index < -0.39 is 0 Å². The highest BCUT2D eigenvalue weighted by molar-refractivity contribution is 5.24. The summed E-state index contributed by atoms with van der Waals surface area (Å²) in [6, 6.07) is 13.8. The van der Waals surface area contributed by atoms with Crippen LogP contribution >= 0.6 is 0 Å². The van der Waals surface area contributed by atoms with Crippen LogP contribution in [0.5, 0.6) is 0 Å². The largest absolute Gasteiger partial charge is 0.311 e. The number of nitrogens with zero attached hydrogens (tertiary/aromatic N) is 2. The van der Waals surface area contributed by atoms with Crippen LogP contribution in [-0.2, 0) is 6.54 Å². The lowest BCUT2D eigenvalue weighted by Crippen LogP contribution is -2.50. The van der Waals surface area contributed by atoms with Crippen LogP contribution in [0, 0.1) is 6.92 Å². The van der Waals surface area contributed by atoms with Crippen LogP contribution in [0.25, 0.3) is 0 Å². The Balaban J connectivity index is 1.84. The van der Waals surface area contributed by atoms with E-state index >= 15 is 0 Å². The Labute approximate surface area is 127 Å². The maximum atomic E-state index is 4.29. The quantitative estimate of drug-likeness (QED) is 0.937. The predicted molar refractivity (Wildman–Crippen MR) is 86.0 cm³/mol. The van der Waals surface area contributed by atoms with Gasteiger partial charge in [0.2, 0.25) is 0 Å². The zero-order valence-electron chi connectivity index (χ0n) is 12.8. The molecule has 2 aromatic rings. The van der Waals surface area contributed by atoms with Crippen molar-refractivity contribution >= 4 is 0 Å². The van der Waals surface area contributed by atoms with Crippen LogP contribution in [0.1, 0.15) is 29.7 Å². The van der Waals surface area contributed by atoms with Crippen molar-refractivity contribution in [2.24, 2.45) is 0 Å². The summed E-state index contributed by atoms with van der Waals surface area (Å²) in [7, 11) is 0. The molecule has 3 heteroatoms. The van der Waals surface area contributed by atoms with E-state index in [-0.39, 0.29) is 0 Å². The first-order valence-electron chi connectivity index (χ1n) is 7.66. The van der Waals surface area contributed by atoms with Gasteiger partial charge in [-0.15, -0.1) is 0 Å². The van der Waals surface area contributed by atoms with E-state index in [1.165, 1.54) is 16.7 Å². The van der Waals surface area contributed by atoms with Gasteiger partial charge < -0.3 is 5.32 Å². The molecule has 1 N–H and O–H groups in total. The smallest absolute Gasteiger partial charge is 0.0476 e. The molecular formula is C18H23N3. The van der Waals surface area contributed by atoms with Crippen molar-refractivity contribution in [1.82, 2.24) is 15.2 Å². The van der Waals surface area contributed by atoms with Gasteiger partial charge in [0.1, 0.15) is 0 Å². The Hall–Kier alpha value is -1.71. The minimum Gasteiger partial charge on any atom is -0.311 e. The molecule has 21 heavy (non-hydrogen) atoms. The fourth-order valence-electron chi connectivity index (χ4n) is 3.05. The molecule has 0 spiro atoms. The molecule has 1 aromatic heterocycles. The van der Waals surface area contributed by atoms with Crippen molar-refractivity contribution < 1.29 is 0 Å². The van der Waals surface area contributed by atoms with Gasteiger partial charge in [0.15, 0.2) is 0 Å². The number of aromatic nitrogens is 1. The Morgan fingerprint density at radius 3 is 2.81 bits per heavy atom. The zero-order valence-corrected chi connectivity index (χ0v) is 12.8. The van der Waals surface area contributed by atoms with E-state index in [2.05, 4.69) is 65.4 Å². The van der Waals surface area contributed by atoms with E-state index in [0.717, 1.165) is 19.6 Å². The summed E-state index contributed by atoms with van der Waals surface area (Å²) in [5, 5.41) is 3.60. The van der Waals surface area contributed by atoms with Crippen molar-refractivity contribution in [3.05, 3.63) is 65.5 Å². The number of nitrogens with one attached hydrogen (secondary N) is 1. The molecule has 0 radical (unpaired) electrons. The second-order valence-electron chi connectivity index (χ2n) is 5.97. The van der Waals surface area contributed by atoms with Crippen LogP contribution in [-0.4, -0.2) is 29.0 Å². The van der Waals surface area contributed by atoms with Gasteiger partial charge in [-0.25, -0.2) is 0 Å². The average Bonchev–Trinajstić information content (AvgIpc) is 2.51. The predicted octanol–water partition coefficient (Wildman–Crippen LogP) is 2.93. The number of piperazine rings is 1. The Morgan fingerprint density at radius 2 is 2.05 bits per heavy atom. The van der Waals surface area contributed by atoms with Gasteiger partial charge in [0, 0.05) is 44.1 Å².